The molecule has 1 aromatic rings. The monoisotopic (exact) mass is 304 g/mol. The number of ether oxygens (including phenoxy) is 2. The smallest absolute Gasteiger partial charge is 0.272 e. The van der Waals surface area contributed by atoms with Crippen LogP contribution in [-0.4, -0.2) is 54.3 Å². The first-order valence-corrected chi connectivity index (χ1v) is 7.92. The molecule has 1 aliphatic carbocycles. The van der Waals surface area contributed by atoms with Crippen LogP contribution in [0.2, 0.25) is 0 Å². The van der Waals surface area contributed by atoms with E-state index in [1.54, 1.807) is 20.3 Å². The van der Waals surface area contributed by atoms with Gasteiger partial charge in [0.2, 0.25) is 0 Å². The molecule has 1 aliphatic heterocycles. The van der Waals surface area contributed by atoms with E-state index >= 15 is 0 Å². The van der Waals surface area contributed by atoms with Crippen molar-refractivity contribution in [1.82, 2.24) is 9.88 Å². The van der Waals surface area contributed by atoms with Gasteiger partial charge in [-0.25, -0.2) is 4.98 Å². The molecule has 120 valence electrons. The standard InChI is InChI=1S/C17H24N2O3/c1-12-5-4-6-14(18-12)16(20)19-10-9-17(22-3)8-7-13(21-2)11-15(17)19/h4-6,13,15H,7-11H2,1-3H3/t13-,15-,17+/m0/s1. The minimum atomic E-state index is -0.214. The van der Waals surface area contributed by atoms with E-state index in [4.69, 9.17) is 9.47 Å². The summed E-state index contributed by atoms with van der Waals surface area (Å²) in [6, 6.07) is 5.65. The van der Waals surface area contributed by atoms with Crippen molar-refractivity contribution in [3.05, 3.63) is 29.6 Å². The van der Waals surface area contributed by atoms with Gasteiger partial charge in [0.15, 0.2) is 0 Å². The highest BCUT2D eigenvalue weighted by atomic mass is 16.5. The lowest BCUT2D eigenvalue weighted by molar-refractivity contribution is -0.0894. The summed E-state index contributed by atoms with van der Waals surface area (Å²) >= 11 is 0. The Hall–Kier alpha value is -1.46. The molecular formula is C17H24N2O3. The topological polar surface area (TPSA) is 51.7 Å². The minimum absolute atomic E-state index is 0.00405. The van der Waals surface area contributed by atoms with Crippen molar-refractivity contribution < 1.29 is 14.3 Å². The summed E-state index contributed by atoms with van der Waals surface area (Å²) in [7, 11) is 3.51. The quantitative estimate of drug-likeness (QED) is 0.859. The summed E-state index contributed by atoms with van der Waals surface area (Å²) in [5, 5.41) is 0. The Kier molecular flexibility index (Phi) is 4.19. The highest BCUT2D eigenvalue weighted by Gasteiger charge is 2.52. The van der Waals surface area contributed by atoms with Gasteiger partial charge in [-0.05, 0) is 44.7 Å². The Morgan fingerprint density at radius 3 is 2.86 bits per heavy atom. The molecule has 1 saturated heterocycles. The minimum Gasteiger partial charge on any atom is -0.381 e. The Bertz CT molecular complexity index is 563. The Morgan fingerprint density at radius 2 is 2.18 bits per heavy atom. The number of likely N-dealkylation sites (tertiary alicyclic amines) is 1. The van der Waals surface area contributed by atoms with E-state index in [2.05, 4.69) is 4.98 Å². The van der Waals surface area contributed by atoms with Crippen molar-refractivity contribution in [3.8, 4) is 0 Å². The van der Waals surface area contributed by atoms with Crippen LogP contribution in [0, 0.1) is 6.92 Å². The fraction of sp³-hybridized carbons (Fsp3) is 0.647. The fourth-order valence-electron chi connectivity index (χ4n) is 3.93. The molecule has 3 rings (SSSR count). The van der Waals surface area contributed by atoms with Crippen molar-refractivity contribution in [3.63, 3.8) is 0 Å². The second kappa shape index (κ2) is 5.97. The van der Waals surface area contributed by atoms with Gasteiger partial charge in [-0.1, -0.05) is 6.07 Å². The number of hydrogen-bond acceptors (Lipinski definition) is 4. The van der Waals surface area contributed by atoms with Crippen LogP contribution >= 0.6 is 0 Å². The number of carbonyl (C=O) groups is 1. The second-order valence-electron chi connectivity index (χ2n) is 6.33. The van der Waals surface area contributed by atoms with Gasteiger partial charge >= 0.3 is 0 Å². The molecule has 5 nitrogen and oxygen atoms in total. The first-order valence-electron chi connectivity index (χ1n) is 7.92. The molecule has 2 aliphatic rings. The number of methoxy groups -OCH3 is 2. The number of aromatic nitrogens is 1. The summed E-state index contributed by atoms with van der Waals surface area (Å²) in [6.07, 6.45) is 3.86. The number of hydrogen-bond donors (Lipinski definition) is 0. The highest BCUT2D eigenvalue weighted by Crippen LogP contribution is 2.43. The van der Waals surface area contributed by atoms with Crippen molar-refractivity contribution >= 4 is 5.91 Å². The van der Waals surface area contributed by atoms with Gasteiger partial charge < -0.3 is 14.4 Å². The summed E-state index contributed by atoms with van der Waals surface area (Å²) < 4.78 is 11.4. The number of aryl methyl sites for hydroxylation is 1. The third-order valence-corrected chi connectivity index (χ3v) is 5.24. The maximum Gasteiger partial charge on any atom is 0.272 e. The molecule has 2 fully saturated rings. The zero-order chi connectivity index (χ0) is 15.7. The van der Waals surface area contributed by atoms with Crippen LogP contribution in [-0.2, 0) is 9.47 Å². The molecule has 0 N–H and O–H groups in total. The SMILES string of the molecule is CO[C@H]1CC[C@@]2(OC)CCN(C(=O)c3cccc(C)n3)[C@H]2C1. The Morgan fingerprint density at radius 1 is 1.36 bits per heavy atom. The molecule has 0 unspecified atom stereocenters. The van der Waals surface area contributed by atoms with Gasteiger partial charge in [0, 0.05) is 26.5 Å². The van der Waals surface area contributed by atoms with Crippen molar-refractivity contribution in [2.75, 3.05) is 20.8 Å². The van der Waals surface area contributed by atoms with Gasteiger partial charge in [-0.15, -0.1) is 0 Å². The van der Waals surface area contributed by atoms with Crippen LogP contribution < -0.4 is 0 Å². The first-order chi connectivity index (χ1) is 10.6. The van der Waals surface area contributed by atoms with Crippen LogP contribution in [0.3, 0.4) is 0 Å². The van der Waals surface area contributed by atoms with Gasteiger partial charge in [0.1, 0.15) is 5.69 Å². The molecule has 1 saturated carbocycles. The van der Waals surface area contributed by atoms with Crippen molar-refractivity contribution in [2.45, 2.75) is 50.4 Å². The molecule has 0 spiro atoms. The normalized spacial score (nSPS) is 31.1. The summed E-state index contributed by atoms with van der Waals surface area (Å²) in [5.41, 5.74) is 1.17. The van der Waals surface area contributed by atoms with E-state index in [1.807, 2.05) is 24.0 Å². The predicted octanol–water partition coefficient (Wildman–Crippen LogP) is 2.19. The van der Waals surface area contributed by atoms with Gasteiger partial charge in [0.05, 0.1) is 17.7 Å². The van der Waals surface area contributed by atoms with E-state index in [0.29, 0.717) is 5.69 Å². The van der Waals surface area contributed by atoms with Gasteiger partial charge in [-0.2, -0.15) is 0 Å². The summed E-state index contributed by atoms with van der Waals surface area (Å²) in [4.78, 5) is 19.2. The average molecular weight is 304 g/mol. The lowest BCUT2D eigenvalue weighted by Gasteiger charge is -2.43. The lowest BCUT2D eigenvalue weighted by atomic mass is 9.79. The number of nitrogens with zero attached hydrogens (tertiary/aromatic N) is 2. The highest BCUT2D eigenvalue weighted by molar-refractivity contribution is 5.93. The maximum absolute atomic E-state index is 12.9. The number of pyridine rings is 1. The molecule has 2 heterocycles. The molecule has 0 bridgehead atoms. The first kappa shape index (κ1) is 15.4. The molecule has 0 aromatic carbocycles. The largest absolute Gasteiger partial charge is 0.381 e. The third kappa shape index (κ3) is 2.52. The maximum atomic E-state index is 12.9. The van der Waals surface area contributed by atoms with E-state index in [0.717, 1.165) is 37.9 Å². The summed E-state index contributed by atoms with van der Waals surface area (Å²) in [5.74, 6) is 0.00405. The fourth-order valence-corrected chi connectivity index (χ4v) is 3.93. The van der Waals surface area contributed by atoms with Gasteiger partial charge in [0.25, 0.3) is 5.91 Å². The van der Waals surface area contributed by atoms with Crippen LogP contribution in [0.1, 0.15) is 41.9 Å². The van der Waals surface area contributed by atoms with E-state index in [-0.39, 0.29) is 23.7 Å². The number of rotatable bonds is 3. The average Bonchev–Trinajstić information content (AvgIpc) is 2.93. The molecule has 0 radical (unpaired) electrons. The number of amides is 1. The summed E-state index contributed by atoms with van der Waals surface area (Å²) in [6.45, 7) is 2.63. The van der Waals surface area contributed by atoms with Crippen LogP contribution in [0.5, 0.6) is 0 Å². The molecule has 3 atom stereocenters. The molecule has 1 amide bonds. The zero-order valence-electron chi connectivity index (χ0n) is 13.5. The number of fused-ring (bicyclic) bond motifs is 1. The predicted molar refractivity (Wildman–Crippen MR) is 82.8 cm³/mol. The van der Waals surface area contributed by atoms with E-state index in [9.17, 15) is 4.79 Å². The van der Waals surface area contributed by atoms with Crippen LogP contribution in [0.4, 0.5) is 0 Å². The molecule has 5 heteroatoms. The van der Waals surface area contributed by atoms with E-state index < -0.39 is 0 Å². The zero-order valence-corrected chi connectivity index (χ0v) is 13.5. The second-order valence-corrected chi connectivity index (χ2v) is 6.33. The Labute approximate surface area is 131 Å². The van der Waals surface area contributed by atoms with E-state index in [1.165, 1.54) is 0 Å². The van der Waals surface area contributed by atoms with Crippen LogP contribution in [0.15, 0.2) is 18.2 Å². The third-order valence-electron chi connectivity index (χ3n) is 5.24. The number of carbonyl (C=O) groups excluding carboxylic acids is 1. The van der Waals surface area contributed by atoms with Crippen molar-refractivity contribution in [1.29, 1.82) is 0 Å². The van der Waals surface area contributed by atoms with Gasteiger partial charge in [-0.3, -0.25) is 4.79 Å². The van der Waals surface area contributed by atoms with Crippen LogP contribution in [0.25, 0.3) is 0 Å². The lowest BCUT2D eigenvalue weighted by Crippen LogP contribution is -2.53. The molecule has 22 heavy (non-hydrogen) atoms. The molecule has 1 aromatic heterocycles. The van der Waals surface area contributed by atoms with Crippen molar-refractivity contribution in [2.24, 2.45) is 0 Å². The molecular weight excluding hydrogens is 280 g/mol. The Balaban J connectivity index is 1.86.